The lowest BCUT2D eigenvalue weighted by atomic mass is 9.98. The van der Waals surface area contributed by atoms with Crippen LogP contribution in [-0.4, -0.2) is 16.6 Å². The third-order valence-electron chi connectivity index (χ3n) is 5.35. The lowest BCUT2D eigenvalue weighted by molar-refractivity contribution is 0.139. The Labute approximate surface area is 225 Å². The van der Waals surface area contributed by atoms with Gasteiger partial charge in [-0.25, -0.2) is 0 Å². The van der Waals surface area contributed by atoms with Gasteiger partial charge in [-0.05, 0) is 86.3 Å². The number of rotatable bonds is 9. The van der Waals surface area contributed by atoms with Gasteiger partial charge in [0.05, 0.1) is 4.58 Å². The van der Waals surface area contributed by atoms with Crippen LogP contribution in [0.1, 0.15) is 38.5 Å². The molecule has 0 spiro atoms. The van der Waals surface area contributed by atoms with Gasteiger partial charge in [0, 0.05) is 43.1 Å². The van der Waals surface area contributed by atoms with Crippen molar-refractivity contribution in [3.05, 3.63) is 88.9 Å². The van der Waals surface area contributed by atoms with E-state index in [1.165, 1.54) is 41.0 Å². The normalized spacial score (nSPS) is 15.0. The molecule has 0 heterocycles. The van der Waals surface area contributed by atoms with Crippen LogP contribution in [0.2, 0.25) is 10.0 Å². The molecule has 4 rings (SSSR count). The first-order valence-electron chi connectivity index (χ1n) is 11.4. The van der Waals surface area contributed by atoms with Crippen LogP contribution in [0.25, 0.3) is 0 Å². The Morgan fingerprint density at radius 1 is 0.765 bits per heavy atom. The monoisotopic (exact) mass is 547 g/mol. The lowest BCUT2D eigenvalue weighted by Crippen LogP contribution is -2.22. The van der Waals surface area contributed by atoms with Crippen LogP contribution in [-0.2, 0) is 4.74 Å². The summed E-state index contributed by atoms with van der Waals surface area (Å²) >= 11 is 17.3. The molecular formula is C27H27Cl2NOS3. The molecule has 0 amide bonds. The topological polar surface area (TPSA) is 21.6 Å². The average Bonchev–Trinajstić information content (AvgIpc) is 2.86. The van der Waals surface area contributed by atoms with Crippen LogP contribution in [0.3, 0.4) is 0 Å². The minimum absolute atomic E-state index is 0.182. The Morgan fingerprint density at radius 2 is 1.32 bits per heavy atom. The van der Waals surface area contributed by atoms with Crippen molar-refractivity contribution in [3.63, 3.8) is 0 Å². The zero-order chi connectivity index (χ0) is 23.6. The number of hydrogen-bond donors (Lipinski definition) is 0. The maximum atomic E-state index is 6.52. The van der Waals surface area contributed by atoms with Crippen LogP contribution in [0, 0.1) is 0 Å². The van der Waals surface area contributed by atoms with Crippen molar-refractivity contribution >= 4 is 64.6 Å². The summed E-state index contributed by atoms with van der Waals surface area (Å²) in [7, 11) is 0. The molecule has 0 aromatic heterocycles. The zero-order valence-electron chi connectivity index (χ0n) is 18.7. The number of halogens is 2. The van der Waals surface area contributed by atoms with Crippen LogP contribution >= 0.6 is 58.7 Å². The second kappa shape index (κ2) is 13.7. The van der Waals surface area contributed by atoms with Gasteiger partial charge in [0.15, 0.2) is 5.90 Å². The van der Waals surface area contributed by atoms with Crippen molar-refractivity contribution in [2.75, 3.05) is 0 Å². The standard InChI is InChI=1S/C27H27Cl2NOS3/c28-20-11-15-23(16-12-20)32-27(33-24-17-13-21(29)14-18-24)19-26(31-22-7-3-1-4-8-22)30-34-25-9-5-2-6-10-25/h2,5-6,9-18,22,27H,1,3-4,7-8,19H2/b30-26-. The smallest absolute Gasteiger partial charge is 0.197 e. The predicted octanol–water partition coefficient (Wildman–Crippen LogP) is 10.0. The van der Waals surface area contributed by atoms with Gasteiger partial charge in [0.2, 0.25) is 0 Å². The molecule has 0 radical (unpaired) electrons. The molecule has 7 heteroatoms. The van der Waals surface area contributed by atoms with Gasteiger partial charge in [-0.1, -0.05) is 47.8 Å². The maximum absolute atomic E-state index is 6.52. The third-order valence-corrected chi connectivity index (χ3v) is 9.16. The molecule has 0 saturated heterocycles. The fraction of sp³-hybridized carbons (Fsp3) is 0.296. The fourth-order valence-electron chi connectivity index (χ4n) is 3.65. The molecule has 0 bridgehead atoms. The molecule has 178 valence electrons. The molecular weight excluding hydrogens is 521 g/mol. The summed E-state index contributed by atoms with van der Waals surface area (Å²) in [5, 5.41) is 1.49. The summed E-state index contributed by atoms with van der Waals surface area (Å²) in [6.45, 7) is 0. The van der Waals surface area contributed by atoms with Gasteiger partial charge in [0.1, 0.15) is 6.10 Å². The summed E-state index contributed by atoms with van der Waals surface area (Å²) in [6, 6.07) is 26.3. The van der Waals surface area contributed by atoms with E-state index in [1.54, 1.807) is 0 Å². The molecule has 1 aliphatic rings. The summed E-state index contributed by atoms with van der Waals surface area (Å²) in [5.41, 5.74) is 0. The van der Waals surface area contributed by atoms with E-state index in [0.29, 0.717) is 0 Å². The van der Waals surface area contributed by atoms with Crippen molar-refractivity contribution in [1.29, 1.82) is 0 Å². The molecule has 0 aliphatic heterocycles. The highest BCUT2D eigenvalue weighted by molar-refractivity contribution is 8.17. The van der Waals surface area contributed by atoms with Crippen molar-refractivity contribution < 1.29 is 4.74 Å². The third kappa shape index (κ3) is 8.76. The van der Waals surface area contributed by atoms with Crippen molar-refractivity contribution in [2.24, 2.45) is 4.40 Å². The van der Waals surface area contributed by atoms with Crippen molar-refractivity contribution in [2.45, 2.75) is 63.9 Å². The minimum atomic E-state index is 0.182. The second-order valence-corrected chi connectivity index (χ2v) is 12.6. The van der Waals surface area contributed by atoms with Gasteiger partial charge >= 0.3 is 0 Å². The number of benzene rings is 3. The number of hydrogen-bond acceptors (Lipinski definition) is 5. The molecule has 0 atom stereocenters. The van der Waals surface area contributed by atoms with Crippen LogP contribution < -0.4 is 0 Å². The molecule has 34 heavy (non-hydrogen) atoms. The Bertz CT molecular complexity index is 992. The highest BCUT2D eigenvalue weighted by Gasteiger charge is 2.22. The Kier molecular flexibility index (Phi) is 10.4. The minimum Gasteiger partial charge on any atom is -0.477 e. The molecule has 1 fully saturated rings. The fourth-order valence-corrected chi connectivity index (χ4v) is 7.01. The summed E-state index contributed by atoms with van der Waals surface area (Å²) in [5.74, 6) is 0.814. The van der Waals surface area contributed by atoms with Gasteiger partial charge in [-0.15, -0.1) is 23.5 Å². The van der Waals surface area contributed by atoms with E-state index in [-0.39, 0.29) is 10.7 Å². The molecule has 1 saturated carbocycles. The largest absolute Gasteiger partial charge is 0.477 e. The lowest BCUT2D eigenvalue weighted by Gasteiger charge is -2.25. The van der Waals surface area contributed by atoms with E-state index in [1.807, 2.05) is 66.0 Å². The van der Waals surface area contributed by atoms with Gasteiger partial charge in [-0.2, -0.15) is 4.40 Å². The molecule has 3 aromatic carbocycles. The summed E-state index contributed by atoms with van der Waals surface area (Å²) < 4.78 is 11.6. The van der Waals surface area contributed by atoms with Crippen molar-refractivity contribution in [1.82, 2.24) is 0 Å². The van der Waals surface area contributed by atoms with Crippen LogP contribution in [0.15, 0.2) is 97.9 Å². The van der Waals surface area contributed by atoms with Gasteiger partial charge < -0.3 is 4.74 Å². The van der Waals surface area contributed by atoms with Crippen LogP contribution in [0.5, 0.6) is 0 Å². The number of nitrogens with zero attached hydrogens (tertiary/aromatic N) is 1. The van der Waals surface area contributed by atoms with E-state index in [0.717, 1.165) is 40.1 Å². The SMILES string of the molecule is Clc1ccc(SC(C/C(=N/Sc2ccccc2)OC2CCCCC2)Sc2ccc(Cl)cc2)cc1. The number of ether oxygens (including phenoxy) is 1. The molecule has 0 unspecified atom stereocenters. The van der Waals surface area contributed by atoms with Crippen molar-refractivity contribution in [3.8, 4) is 0 Å². The zero-order valence-corrected chi connectivity index (χ0v) is 22.7. The van der Waals surface area contributed by atoms with Gasteiger partial charge in [0.25, 0.3) is 0 Å². The van der Waals surface area contributed by atoms with E-state index < -0.39 is 0 Å². The Hall–Kier alpha value is -1.24. The van der Waals surface area contributed by atoms with E-state index >= 15 is 0 Å². The molecule has 0 N–H and O–H groups in total. The highest BCUT2D eigenvalue weighted by Crippen LogP contribution is 2.39. The van der Waals surface area contributed by atoms with Crippen LogP contribution in [0.4, 0.5) is 0 Å². The first-order chi connectivity index (χ1) is 16.6. The quantitative estimate of drug-likeness (QED) is 0.0872. The predicted molar refractivity (Wildman–Crippen MR) is 151 cm³/mol. The highest BCUT2D eigenvalue weighted by atomic mass is 35.5. The summed E-state index contributed by atoms with van der Waals surface area (Å²) in [6.07, 6.45) is 6.94. The summed E-state index contributed by atoms with van der Waals surface area (Å²) in [4.78, 5) is 3.45. The molecule has 3 aromatic rings. The first-order valence-corrected chi connectivity index (χ1v) is 14.7. The first kappa shape index (κ1) is 25.8. The molecule has 1 aliphatic carbocycles. The van der Waals surface area contributed by atoms with E-state index in [9.17, 15) is 0 Å². The van der Waals surface area contributed by atoms with E-state index in [2.05, 4.69) is 36.4 Å². The maximum Gasteiger partial charge on any atom is 0.197 e. The average molecular weight is 549 g/mol. The number of thioether (sulfide) groups is 2. The second-order valence-electron chi connectivity index (χ2n) is 8.04. The van der Waals surface area contributed by atoms with Gasteiger partial charge in [-0.3, -0.25) is 0 Å². The van der Waals surface area contributed by atoms with E-state index in [4.69, 9.17) is 32.3 Å². The molecule has 2 nitrogen and oxygen atoms in total. The Morgan fingerprint density at radius 3 is 1.88 bits per heavy atom. The Balaban J connectivity index is 1.54.